The van der Waals surface area contributed by atoms with Crippen LogP contribution in [0.25, 0.3) is 0 Å². The highest BCUT2D eigenvalue weighted by atomic mass is 79.9. The molecule has 0 heterocycles. The van der Waals surface area contributed by atoms with E-state index in [1.807, 2.05) is 0 Å². The van der Waals surface area contributed by atoms with Gasteiger partial charge in [0.25, 0.3) is 0 Å². The number of benzene rings is 1. The molecule has 0 atom stereocenters. The van der Waals surface area contributed by atoms with Crippen LogP contribution in [0.5, 0.6) is 11.5 Å². The SMILES string of the molecule is COc1c(Br)cc(F)c(CCCCN)c1OC. The molecule has 0 unspecified atom stereocenters. The number of rotatable bonds is 6. The summed E-state index contributed by atoms with van der Waals surface area (Å²) < 4.78 is 24.8. The number of halogens is 2. The highest BCUT2D eigenvalue weighted by Crippen LogP contribution is 2.40. The first-order chi connectivity index (χ1) is 8.15. The van der Waals surface area contributed by atoms with Gasteiger partial charge in [-0.1, -0.05) is 0 Å². The average Bonchev–Trinajstić information content (AvgIpc) is 2.31. The maximum atomic E-state index is 13.8. The van der Waals surface area contributed by atoms with Gasteiger partial charge in [0.1, 0.15) is 5.82 Å². The fraction of sp³-hybridized carbons (Fsp3) is 0.500. The lowest BCUT2D eigenvalue weighted by Gasteiger charge is -2.15. The molecule has 5 heteroatoms. The Labute approximate surface area is 109 Å². The Balaban J connectivity index is 3.08. The number of hydrogen-bond donors (Lipinski definition) is 1. The molecule has 0 aliphatic carbocycles. The van der Waals surface area contributed by atoms with Gasteiger partial charge in [0.15, 0.2) is 11.5 Å². The summed E-state index contributed by atoms with van der Waals surface area (Å²) >= 11 is 3.25. The zero-order valence-corrected chi connectivity index (χ0v) is 11.6. The second-order valence-corrected chi connectivity index (χ2v) is 4.49. The number of nitrogens with two attached hydrogens (primary N) is 1. The number of methoxy groups -OCH3 is 2. The summed E-state index contributed by atoms with van der Waals surface area (Å²) in [6.07, 6.45) is 2.28. The van der Waals surface area contributed by atoms with Crippen molar-refractivity contribution in [2.75, 3.05) is 20.8 Å². The van der Waals surface area contributed by atoms with Gasteiger partial charge < -0.3 is 15.2 Å². The lowest BCUT2D eigenvalue weighted by molar-refractivity contribution is 0.345. The largest absolute Gasteiger partial charge is 0.492 e. The Morgan fingerprint density at radius 1 is 1.24 bits per heavy atom. The van der Waals surface area contributed by atoms with Gasteiger partial charge in [0.05, 0.1) is 18.7 Å². The minimum atomic E-state index is -0.286. The standard InChI is InChI=1S/C12H17BrFNO2/c1-16-11-8(5-3-4-6-15)10(14)7-9(13)12(11)17-2/h7H,3-6,15H2,1-2H3. The molecule has 17 heavy (non-hydrogen) atoms. The van der Waals surface area contributed by atoms with Crippen molar-refractivity contribution in [3.05, 3.63) is 21.9 Å². The third-order valence-electron chi connectivity index (χ3n) is 2.53. The summed E-state index contributed by atoms with van der Waals surface area (Å²) in [7, 11) is 3.04. The van der Waals surface area contributed by atoms with Gasteiger partial charge in [-0.05, 0) is 47.8 Å². The van der Waals surface area contributed by atoms with Crippen LogP contribution in [0, 0.1) is 5.82 Å². The van der Waals surface area contributed by atoms with Crippen LogP contribution in [0.4, 0.5) is 4.39 Å². The Morgan fingerprint density at radius 3 is 2.41 bits per heavy atom. The van der Waals surface area contributed by atoms with Crippen LogP contribution in [0.3, 0.4) is 0 Å². The summed E-state index contributed by atoms with van der Waals surface area (Å²) in [5.74, 6) is 0.694. The number of ether oxygens (including phenoxy) is 2. The van der Waals surface area contributed by atoms with E-state index < -0.39 is 0 Å². The van der Waals surface area contributed by atoms with Crippen LogP contribution in [-0.4, -0.2) is 20.8 Å². The molecule has 0 aromatic heterocycles. The first-order valence-corrected chi connectivity index (χ1v) is 6.23. The van der Waals surface area contributed by atoms with E-state index in [1.165, 1.54) is 20.3 Å². The van der Waals surface area contributed by atoms with Crippen molar-refractivity contribution in [3.63, 3.8) is 0 Å². The molecule has 0 spiro atoms. The summed E-state index contributed by atoms with van der Waals surface area (Å²) in [6, 6.07) is 1.40. The van der Waals surface area contributed by atoms with Crippen molar-refractivity contribution < 1.29 is 13.9 Å². The van der Waals surface area contributed by atoms with Crippen LogP contribution in [0.2, 0.25) is 0 Å². The van der Waals surface area contributed by atoms with Gasteiger partial charge in [0, 0.05) is 5.56 Å². The maximum absolute atomic E-state index is 13.8. The van der Waals surface area contributed by atoms with Crippen molar-refractivity contribution in [1.29, 1.82) is 0 Å². The Kier molecular flexibility index (Phi) is 5.71. The van der Waals surface area contributed by atoms with Crippen molar-refractivity contribution in [1.82, 2.24) is 0 Å². The molecule has 0 amide bonds. The lowest BCUT2D eigenvalue weighted by Crippen LogP contribution is -2.03. The Morgan fingerprint density at radius 2 is 1.88 bits per heavy atom. The smallest absolute Gasteiger partial charge is 0.175 e. The minimum absolute atomic E-state index is 0.286. The Hall–Kier alpha value is -0.810. The molecule has 1 rings (SSSR count). The van der Waals surface area contributed by atoms with Crippen LogP contribution >= 0.6 is 15.9 Å². The van der Waals surface area contributed by atoms with Crippen LogP contribution in [0.15, 0.2) is 10.5 Å². The van der Waals surface area contributed by atoms with Crippen molar-refractivity contribution in [2.45, 2.75) is 19.3 Å². The molecule has 96 valence electrons. The predicted octanol–water partition coefficient (Wildman–Crippen LogP) is 2.89. The molecular formula is C12H17BrFNO2. The van der Waals surface area contributed by atoms with Crippen molar-refractivity contribution >= 4 is 15.9 Å². The van der Waals surface area contributed by atoms with Crippen LogP contribution in [-0.2, 0) is 6.42 Å². The van der Waals surface area contributed by atoms with Crippen molar-refractivity contribution in [3.8, 4) is 11.5 Å². The minimum Gasteiger partial charge on any atom is -0.492 e. The van der Waals surface area contributed by atoms with Gasteiger partial charge in [-0.2, -0.15) is 0 Å². The molecule has 0 aliphatic heterocycles. The fourth-order valence-electron chi connectivity index (χ4n) is 1.70. The third kappa shape index (κ3) is 3.33. The molecule has 0 aliphatic rings. The zero-order chi connectivity index (χ0) is 12.8. The normalized spacial score (nSPS) is 10.4. The van der Waals surface area contributed by atoms with E-state index in [2.05, 4.69) is 15.9 Å². The predicted molar refractivity (Wildman–Crippen MR) is 69.2 cm³/mol. The van der Waals surface area contributed by atoms with E-state index >= 15 is 0 Å². The van der Waals surface area contributed by atoms with Gasteiger partial charge in [-0.25, -0.2) is 4.39 Å². The molecule has 1 aromatic rings. The highest BCUT2D eigenvalue weighted by molar-refractivity contribution is 9.10. The maximum Gasteiger partial charge on any atom is 0.175 e. The molecule has 0 radical (unpaired) electrons. The molecule has 0 fully saturated rings. The molecule has 1 aromatic carbocycles. The van der Waals surface area contributed by atoms with E-state index in [0.717, 1.165) is 12.8 Å². The fourth-order valence-corrected chi connectivity index (χ4v) is 2.25. The van der Waals surface area contributed by atoms with E-state index in [0.29, 0.717) is 34.5 Å². The van der Waals surface area contributed by atoms with Crippen LogP contribution in [0.1, 0.15) is 18.4 Å². The third-order valence-corrected chi connectivity index (χ3v) is 3.12. The zero-order valence-electron chi connectivity index (χ0n) is 10.1. The van der Waals surface area contributed by atoms with E-state index in [-0.39, 0.29) is 5.82 Å². The van der Waals surface area contributed by atoms with Gasteiger partial charge in [0.2, 0.25) is 0 Å². The summed E-state index contributed by atoms with van der Waals surface area (Å²) in [4.78, 5) is 0. The number of unbranched alkanes of at least 4 members (excludes halogenated alkanes) is 1. The van der Waals surface area contributed by atoms with Gasteiger partial charge >= 0.3 is 0 Å². The van der Waals surface area contributed by atoms with E-state index in [1.54, 1.807) is 0 Å². The van der Waals surface area contributed by atoms with Gasteiger partial charge in [-0.15, -0.1) is 0 Å². The van der Waals surface area contributed by atoms with Gasteiger partial charge in [-0.3, -0.25) is 0 Å². The monoisotopic (exact) mass is 305 g/mol. The highest BCUT2D eigenvalue weighted by Gasteiger charge is 2.18. The molecule has 3 nitrogen and oxygen atoms in total. The van der Waals surface area contributed by atoms with E-state index in [4.69, 9.17) is 15.2 Å². The van der Waals surface area contributed by atoms with Crippen LogP contribution < -0.4 is 15.2 Å². The Bertz CT molecular complexity index is 385. The van der Waals surface area contributed by atoms with E-state index in [9.17, 15) is 4.39 Å². The first kappa shape index (κ1) is 14.3. The first-order valence-electron chi connectivity index (χ1n) is 5.44. The summed E-state index contributed by atoms with van der Waals surface area (Å²) in [5.41, 5.74) is 5.97. The number of hydrogen-bond acceptors (Lipinski definition) is 3. The second-order valence-electron chi connectivity index (χ2n) is 3.63. The second kappa shape index (κ2) is 6.81. The molecule has 0 saturated heterocycles. The average molecular weight is 306 g/mol. The lowest BCUT2D eigenvalue weighted by atomic mass is 10.1. The topological polar surface area (TPSA) is 44.5 Å². The quantitative estimate of drug-likeness (QED) is 0.822. The molecule has 0 saturated carbocycles. The molecular weight excluding hydrogens is 289 g/mol. The summed E-state index contributed by atoms with van der Waals surface area (Å²) in [6.45, 7) is 0.609. The van der Waals surface area contributed by atoms with Crippen molar-refractivity contribution in [2.24, 2.45) is 5.73 Å². The summed E-state index contributed by atoms with van der Waals surface area (Å²) in [5, 5.41) is 0. The molecule has 2 N–H and O–H groups in total. The molecule has 0 bridgehead atoms.